The Morgan fingerprint density at radius 2 is 2.11 bits per heavy atom. The second kappa shape index (κ2) is 6.94. The van der Waals surface area contributed by atoms with E-state index in [4.69, 9.17) is 4.98 Å². The molecule has 1 aliphatic rings. The van der Waals surface area contributed by atoms with E-state index in [1.54, 1.807) is 12.1 Å². The highest BCUT2D eigenvalue weighted by Gasteiger charge is 2.24. The van der Waals surface area contributed by atoms with Gasteiger partial charge in [0.15, 0.2) is 5.65 Å². The number of hydrogen-bond acceptors (Lipinski definition) is 5. The first kappa shape index (κ1) is 17.4. The zero-order chi connectivity index (χ0) is 19.0. The third-order valence-corrected chi connectivity index (χ3v) is 5.18. The summed E-state index contributed by atoms with van der Waals surface area (Å²) in [5.74, 6) is 0.495. The highest BCUT2D eigenvalue weighted by atomic mass is 16.6. The molecule has 1 aromatic carbocycles. The van der Waals surface area contributed by atoms with Crippen LogP contribution >= 0.6 is 0 Å². The van der Waals surface area contributed by atoms with E-state index < -0.39 is 4.92 Å². The molecule has 27 heavy (non-hydrogen) atoms. The lowest BCUT2D eigenvalue weighted by atomic mass is 10.1. The normalized spacial score (nSPS) is 14.9. The lowest BCUT2D eigenvalue weighted by Crippen LogP contribution is -2.14. The van der Waals surface area contributed by atoms with Crippen LogP contribution in [0, 0.1) is 10.1 Å². The lowest BCUT2D eigenvalue weighted by molar-refractivity contribution is -0.384. The molecule has 1 fully saturated rings. The van der Waals surface area contributed by atoms with Crippen molar-refractivity contribution in [2.75, 3.05) is 0 Å². The van der Waals surface area contributed by atoms with Gasteiger partial charge in [0, 0.05) is 18.6 Å². The lowest BCUT2D eigenvalue weighted by Gasteiger charge is -2.11. The largest absolute Gasteiger partial charge is 0.310 e. The summed E-state index contributed by atoms with van der Waals surface area (Å²) < 4.78 is 1.92. The van der Waals surface area contributed by atoms with Crippen LogP contribution in [0.5, 0.6) is 0 Å². The Balaban J connectivity index is 1.78. The van der Waals surface area contributed by atoms with Gasteiger partial charge in [-0.1, -0.05) is 31.9 Å². The summed E-state index contributed by atoms with van der Waals surface area (Å²) in [4.78, 5) is 30.8. The van der Waals surface area contributed by atoms with Gasteiger partial charge >= 0.3 is 0 Å². The van der Waals surface area contributed by atoms with Crippen molar-refractivity contribution in [2.24, 2.45) is 0 Å². The maximum atomic E-state index is 12.7. The molecule has 3 aromatic rings. The van der Waals surface area contributed by atoms with Gasteiger partial charge in [-0.25, -0.2) is 9.67 Å². The number of aryl methyl sites for hydroxylation is 1. The zero-order valence-electron chi connectivity index (χ0n) is 15.1. The van der Waals surface area contributed by atoms with Crippen LogP contribution in [0.4, 0.5) is 5.69 Å². The number of fused-ring (bicyclic) bond motifs is 1. The van der Waals surface area contributed by atoms with Crippen molar-refractivity contribution in [1.82, 2.24) is 19.7 Å². The van der Waals surface area contributed by atoms with Gasteiger partial charge in [0.25, 0.3) is 11.2 Å². The molecule has 0 unspecified atom stereocenters. The summed E-state index contributed by atoms with van der Waals surface area (Å²) in [6.45, 7) is 1.98. The van der Waals surface area contributed by atoms with Gasteiger partial charge in [-0.3, -0.25) is 14.9 Å². The molecule has 8 nitrogen and oxygen atoms in total. The monoisotopic (exact) mass is 367 g/mol. The molecule has 1 saturated carbocycles. The van der Waals surface area contributed by atoms with Gasteiger partial charge < -0.3 is 4.98 Å². The number of nitro groups is 1. The van der Waals surface area contributed by atoms with Gasteiger partial charge in [-0.05, 0) is 24.8 Å². The number of non-ortho nitro benzene ring substituents is 1. The first-order valence-corrected chi connectivity index (χ1v) is 9.30. The summed E-state index contributed by atoms with van der Waals surface area (Å²) in [7, 11) is 0. The highest BCUT2D eigenvalue weighted by molar-refractivity contribution is 5.77. The summed E-state index contributed by atoms with van der Waals surface area (Å²) in [5.41, 5.74) is 1.96. The number of nitrogens with one attached hydrogen (secondary N) is 1. The van der Waals surface area contributed by atoms with Crippen molar-refractivity contribution in [3.8, 4) is 0 Å². The molecular weight excluding hydrogens is 346 g/mol. The van der Waals surface area contributed by atoms with Gasteiger partial charge in [-0.15, -0.1) is 0 Å². The number of rotatable bonds is 5. The summed E-state index contributed by atoms with van der Waals surface area (Å²) in [5, 5.41) is 16.2. The fourth-order valence-electron chi connectivity index (χ4n) is 3.87. The summed E-state index contributed by atoms with van der Waals surface area (Å²) in [6, 6.07) is 6.68. The molecule has 0 saturated heterocycles. The van der Waals surface area contributed by atoms with E-state index in [9.17, 15) is 14.9 Å². The maximum absolute atomic E-state index is 12.7. The Bertz CT molecular complexity index is 1060. The number of H-pyrrole nitrogens is 1. The number of hydrogen-bond donors (Lipinski definition) is 1. The molecule has 0 atom stereocenters. The minimum atomic E-state index is -0.425. The first-order chi connectivity index (χ1) is 13.1. The van der Waals surface area contributed by atoms with Crippen LogP contribution in [0.25, 0.3) is 11.0 Å². The van der Waals surface area contributed by atoms with Gasteiger partial charge in [0.1, 0.15) is 11.2 Å². The smallest absolute Gasteiger partial charge is 0.269 e. The van der Waals surface area contributed by atoms with Crippen LogP contribution in [0.1, 0.15) is 55.7 Å². The average Bonchev–Trinajstić information content (AvgIpc) is 3.29. The van der Waals surface area contributed by atoms with E-state index in [0.717, 1.165) is 36.9 Å². The molecule has 2 aromatic heterocycles. The minimum absolute atomic E-state index is 0.0280. The molecule has 0 amide bonds. The Morgan fingerprint density at radius 1 is 1.33 bits per heavy atom. The van der Waals surface area contributed by atoms with Crippen LogP contribution in [-0.2, 0) is 12.8 Å². The summed E-state index contributed by atoms with van der Waals surface area (Å²) >= 11 is 0. The molecule has 140 valence electrons. The van der Waals surface area contributed by atoms with E-state index >= 15 is 0 Å². The van der Waals surface area contributed by atoms with E-state index in [1.807, 2.05) is 11.6 Å². The van der Waals surface area contributed by atoms with E-state index in [-0.39, 0.29) is 17.3 Å². The second-order valence-corrected chi connectivity index (χ2v) is 7.00. The van der Waals surface area contributed by atoms with Crippen molar-refractivity contribution in [2.45, 2.75) is 51.5 Å². The fourth-order valence-corrected chi connectivity index (χ4v) is 3.87. The molecule has 1 aliphatic carbocycles. The standard InChI is InChI=1S/C19H21N5O3/c1-2-15-17-18(23(22-15)13-7-3-4-8-13)20-16(21-19(17)25)11-12-6-5-9-14(10-12)24(26)27/h5-6,9-10,13H,2-4,7-8,11H2,1H3,(H,20,21,25). The fraction of sp³-hybridized carbons (Fsp3) is 0.421. The number of benzene rings is 1. The van der Waals surface area contributed by atoms with Crippen molar-refractivity contribution in [3.63, 3.8) is 0 Å². The Morgan fingerprint density at radius 3 is 2.81 bits per heavy atom. The van der Waals surface area contributed by atoms with Crippen LogP contribution < -0.4 is 5.56 Å². The molecule has 0 spiro atoms. The molecular formula is C19H21N5O3. The van der Waals surface area contributed by atoms with Crippen LogP contribution in [0.3, 0.4) is 0 Å². The van der Waals surface area contributed by atoms with Crippen molar-refractivity contribution in [3.05, 3.63) is 61.8 Å². The van der Waals surface area contributed by atoms with Crippen LogP contribution in [-0.4, -0.2) is 24.7 Å². The van der Waals surface area contributed by atoms with Gasteiger partial charge in [-0.2, -0.15) is 5.10 Å². The maximum Gasteiger partial charge on any atom is 0.269 e. The first-order valence-electron chi connectivity index (χ1n) is 9.30. The number of nitrogens with zero attached hydrogens (tertiary/aromatic N) is 4. The molecule has 0 aliphatic heterocycles. The van der Waals surface area contributed by atoms with E-state index in [1.165, 1.54) is 12.1 Å². The molecule has 4 rings (SSSR count). The van der Waals surface area contributed by atoms with Crippen molar-refractivity contribution in [1.29, 1.82) is 0 Å². The number of aromatic amines is 1. The minimum Gasteiger partial charge on any atom is -0.310 e. The van der Waals surface area contributed by atoms with E-state index in [0.29, 0.717) is 29.7 Å². The molecule has 0 radical (unpaired) electrons. The second-order valence-electron chi connectivity index (χ2n) is 7.00. The molecule has 2 heterocycles. The third kappa shape index (κ3) is 3.22. The molecule has 0 bridgehead atoms. The number of aromatic nitrogens is 4. The SMILES string of the molecule is CCc1nn(C2CCCC2)c2nc(Cc3cccc([N+](=O)[O-])c3)[nH]c(=O)c12. The van der Waals surface area contributed by atoms with Crippen LogP contribution in [0.15, 0.2) is 29.1 Å². The Hall–Kier alpha value is -3.03. The highest BCUT2D eigenvalue weighted by Crippen LogP contribution is 2.31. The topological polar surface area (TPSA) is 107 Å². The van der Waals surface area contributed by atoms with Gasteiger partial charge in [0.05, 0.1) is 16.7 Å². The average molecular weight is 367 g/mol. The van der Waals surface area contributed by atoms with Crippen LogP contribution in [0.2, 0.25) is 0 Å². The quantitative estimate of drug-likeness (QED) is 0.550. The van der Waals surface area contributed by atoms with Crippen molar-refractivity contribution >= 4 is 16.7 Å². The Kier molecular flexibility index (Phi) is 4.47. The third-order valence-electron chi connectivity index (χ3n) is 5.18. The summed E-state index contributed by atoms with van der Waals surface area (Å²) in [6.07, 6.45) is 5.42. The zero-order valence-corrected chi connectivity index (χ0v) is 15.1. The van der Waals surface area contributed by atoms with Crippen molar-refractivity contribution < 1.29 is 4.92 Å². The molecule has 1 N–H and O–H groups in total. The number of nitro benzene ring substituents is 1. The van der Waals surface area contributed by atoms with Gasteiger partial charge in [0.2, 0.25) is 0 Å². The molecule has 8 heteroatoms. The predicted molar refractivity (Wildman–Crippen MR) is 101 cm³/mol. The van der Waals surface area contributed by atoms with E-state index in [2.05, 4.69) is 10.1 Å². The predicted octanol–water partition coefficient (Wildman–Crippen LogP) is 3.30. The Labute approximate surface area is 155 Å².